The Kier molecular flexibility index (Phi) is 4.08. The minimum atomic E-state index is -1.34. The Hall–Kier alpha value is -2.18. The van der Waals surface area contributed by atoms with Gasteiger partial charge in [-0.1, -0.05) is 0 Å². The minimum absolute atomic E-state index is 0.248. The highest BCUT2D eigenvalue weighted by Gasteiger charge is 2.20. The quantitative estimate of drug-likeness (QED) is 0.806. The summed E-state index contributed by atoms with van der Waals surface area (Å²) in [5, 5.41) is 12.7. The number of carbonyl (C=O) groups is 2. The number of carboxylic acid groups (broad SMARTS) is 1. The van der Waals surface area contributed by atoms with Gasteiger partial charge >= 0.3 is 11.9 Å². The van der Waals surface area contributed by atoms with Crippen LogP contribution in [0.1, 0.15) is 36.7 Å². The van der Waals surface area contributed by atoms with Crippen molar-refractivity contribution in [2.75, 3.05) is 0 Å². The average molecular weight is 268 g/mol. The van der Waals surface area contributed by atoms with Crippen LogP contribution in [-0.4, -0.2) is 32.4 Å². The second-order valence-corrected chi connectivity index (χ2v) is 5.06. The highest BCUT2D eigenvalue weighted by Crippen LogP contribution is 2.07. The van der Waals surface area contributed by atoms with Crippen molar-refractivity contribution in [1.29, 1.82) is 0 Å². The minimum Gasteiger partial charge on any atom is -0.477 e. The number of aryl methyl sites for hydroxylation is 1. The Morgan fingerprint density at radius 1 is 1.42 bits per heavy atom. The molecule has 1 rings (SSSR count). The number of ether oxygens (including phenoxy) is 1. The van der Waals surface area contributed by atoms with Crippen molar-refractivity contribution in [1.82, 2.24) is 9.78 Å². The summed E-state index contributed by atoms with van der Waals surface area (Å²) in [6, 6.07) is 0. The normalized spacial score (nSPS) is 11.2. The number of carbonyl (C=O) groups excluding carboxylic acids is 1. The Morgan fingerprint density at radius 3 is 2.47 bits per heavy atom. The van der Waals surface area contributed by atoms with E-state index in [1.807, 2.05) is 0 Å². The zero-order valence-corrected chi connectivity index (χ0v) is 11.3. The number of rotatable bonds is 3. The molecule has 0 aromatic carbocycles. The zero-order chi connectivity index (χ0) is 14.8. The third kappa shape index (κ3) is 3.90. The van der Waals surface area contributed by atoms with E-state index in [-0.39, 0.29) is 5.56 Å². The fraction of sp³-hybridized carbons (Fsp3) is 0.500. The van der Waals surface area contributed by atoms with Gasteiger partial charge in [0.2, 0.25) is 0 Å². The molecule has 0 unspecified atom stereocenters. The molecule has 0 amide bonds. The van der Waals surface area contributed by atoms with Gasteiger partial charge in [-0.2, -0.15) is 5.10 Å². The number of esters is 1. The van der Waals surface area contributed by atoms with Gasteiger partial charge in [0.05, 0.1) is 6.20 Å². The van der Waals surface area contributed by atoms with Crippen LogP contribution in [0.25, 0.3) is 0 Å². The number of hydrogen-bond acceptors (Lipinski definition) is 5. The first-order valence-corrected chi connectivity index (χ1v) is 5.63. The maximum atomic E-state index is 11.8. The van der Waals surface area contributed by atoms with E-state index in [2.05, 4.69) is 5.10 Å². The van der Waals surface area contributed by atoms with Crippen molar-refractivity contribution in [2.45, 2.75) is 39.8 Å². The molecule has 0 aliphatic carbocycles. The van der Waals surface area contributed by atoms with Crippen molar-refractivity contribution in [3.05, 3.63) is 27.7 Å². The van der Waals surface area contributed by atoms with Gasteiger partial charge in [-0.3, -0.25) is 9.59 Å². The van der Waals surface area contributed by atoms with Crippen molar-refractivity contribution in [3.8, 4) is 0 Å². The molecule has 19 heavy (non-hydrogen) atoms. The van der Waals surface area contributed by atoms with E-state index in [1.54, 1.807) is 20.8 Å². The van der Waals surface area contributed by atoms with Gasteiger partial charge in [0.25, 0.3) is 5.56 Å². The lowest BCUT2D eigenvalue weighted by Crippen LogP contribution is -2.34. The van der Waals surface area contributed by atoms with Gasteiger partial charge in [0.1, 0.15) is 17.7 Å². The number of nitrogens with zero attached hydrogens (tertiary/aromatic N) is 2. The van der Waals surface area contributed by atoms with Crippen LogP contribution < -0.4 is 5.56 Å². The SMILES string of the molecule is Cc1cnn(CC(=O)OC(C)(C)C)c(=O)c1C(=O)O. The van der Waals surface area contributed by atoms with Gasteiger partial charge < -0.3 is 9.84 Å². The topological polar surface area (TPSA) is 98.5 Å². The summed E-state index contributed by atoms with van der Waals surface area (Å²) in [5.74, 6) is -2.00. The largest absolute Gasteiger partial charge is 0.477 e. The molecular formula is C12H16N2O5. The Balaban J connectivity index is 3.05. The van der Waals surface area contributed by atoms with Gasteiger partial charge in [0.15, 0.2) is 0 Å². The third-order valence-electron chi connectivity index (χ3n) is 2.15. The molecule has 7 nitrogen and oxygen atoms in total. The highest BCUT2D eigenvalue weighted by atomic mass is 16.6. The van der Waals surface area contributed by atoms with E-state index in [4.69, 9.17) is 9.84 Å². The van der Waals surface area contributed by atoms with Crippen LogP contribution in [0.2, 0.25) is 0 Å². The van der Waals surface area contributed by atoms with Crippen molar-refractivity contribution in [3.63, 3.8) is 0 Å². The maximum Gasteiger partial charge on any atom is 0.341 e. The molecule has 1 aromatic heterocycles. The summed E-state index contributed by atoms with van der Waals surface area (Å²) in [6.45, 7) is 6.13. The smallest absolute Gasteiger partial charge is 0.341 e. The fourth-order valence-corrected chi connectivity index (χ4v) is 1.44. The molecule has 1 aromatic rings. The monoisotopic (exact) mass is 268 g/mol. The molecule has 7 heteroatoms. The lowest BCUT2D eigenvalue weighted by molar-refractivity contribution is -0.155. The first-order chi connectivity index (χ1) is 8.61. The van der Waals surface area contributed by atoms with Crippen molar-refractivity contribution in [2.24, 2.45) is 0 Å². The Labute approximate surface area is 109 Å². The lowest BCUT2D eigenvalue weighted by Gasteiger charge is -2.19. The Bertz CT molecular complexity index is 568. The van der Waals surface area contributed by atoms with E-state index < -0.39 is 35.2 Å². The summed E-state index contributed by atoms with van der Waals surface area (Å²) in [6.07, 6.45) is 1.23. The molecule has 0 aliphatic rings. The Morgan fingerprint density at radius 2 is 2.00 bits per heavy atom. The summed E-state index contributed by atoms with van der Waals surface area (Å²) in [4.78, 5) is 34.4. The number of aromatic nitrogens is 2. The molecule has 0 saturated heterocycles. The maximum absolute atomic E-state index is 11.8. The molecule has 104 valence electrons. The number of carboxylic acids is 1. The lowest BCUT2D eigenvalue weighted by atomic mass is 10.2. The molecule has 0 atom stereocenters. The molecule has 0 bridgehead atoms. The zero-order valence-electron chi connectivity index (χ0n) is 11.3. The van der Waals surface area contributed by atoms with Crippen LogP contribution >= 0.6 is 0 Å². The van der Waals surface area contributed by atoms with Gasteiger partial charge in [0, 0.05) is 0 Å². The van der Waals surface area contributed by atoms with Crippen molar-refractivity contribution >= 4 is 11.9 Å². The van der Waals surface area contributed by atoms with Crippen LogP contribution in [0, 0.1) is 6.92 Å². The summed E-state index contributed by atoms with van der Waals surface area (Å²) >= 11 is 0. The predicted molar refractivity (Wildman–Crippen MR) is 66.0 cm³/mol. The van der Waals surface area contributed by atoms with Gasteiger partial charge in [-0.05, 0) is 33.3 Å². The van der Waals surface area contributed by atoms with Crippen LogP contribution in [0.5, 0.6) is 0 Å². The van der Waals surface area contributed by atoms with Crippen LogP contribution in [0.15, 0.2) is 11.0 Å². The average Bonchev–Trinajstić information content (AvgIpc) is 2.19. The standard InChI is InChI=1S/C12H16N2O5/c1-7-5-13-14(10(16)9(7)11(17)18)6-8(15)19-12(2,3)4/h5H,6H2,1-4H3,(H,17,18). The van der Waals surface area contributed by atoms with E-state index in [9.17, 15) is 14.4 Å². The van der Waals surface area contributed by atoms with E-state index in [0.29, 0.717) is 0 Å². The summed E-state index contributed by atoms with van der Waals surface area (Å²) in [5.41, 5.74) is -1.64. The van der Waals surface area contributed by atoms with Gasteiger partial charge in [-0.15, -0.1) is 0 Å². The summed E-state index contributed by atoms with van der Waals surface area (Å²) in [7, 11) is 0. The molecule has 0 aliphatic heterocycles. The van der Waals surface area contributed by atoms with Crippen LogP contribution in [0.4, 0.5) is 0 Å². The van der Waals surface area contributed by atoms with E-state index >= 15 is 0 Å². The first kappa shape index (κ1) is 14.9. The molecule has 0 fully saturated rings. The van der Waals surface area contributed by atoms with Gasteiger partial charge in [-0.25, -0.2) is 9.48 Å². The van der Waals surface area contributed by atoms with E-state index in [1.165, 1.54) is 13.1 Å². The molecule has 1 heterocycles. The second kappa shape index (κ2) is 5.21. The molecule has 0 radical (unpaired) electrons. The van der Waals surface area contributed by atoms with E-state index in [0.717, 1.165) is 4.68 Å². The third-order valence-corrected chi connectivity index (χ3v) is 2.15. The van der Waals surface area contributed by atoms with Crippen molar-refractivity contribution < 1.29 is 19.4 Å². The second-order valence-electron chi connectivity index (χ2n) is 5.06. The predicted octanol–water partition coefficient (Wildman–Crippen LogP) is 0.592. The van der Waals surface area contributed by atoms with Crippen LogP contribution in [0.3, 0.4) is 0 Å². The fourth-order valence-electron chi connectivity index (χ4n) is 1.44. The molecule has 0 spiro atoms. The number of hydrogen-bond donors (Lipinski definition) is 1. The molecule has 1 N–H and O–H groups in total. The molecular weight excluding hydrogens is 252 g/mol. The van der Waals surface area contributed by atoms with Crippen LogP contribution in [-0.2, 0) is 16.1 Å². The first-order valence-electron chi connectivity index (χ1n) is 5.63. The molecule has 0 saturated carbocycles. The number of aromatic carboxylic acids is 1. The summed E-state index contributed by atoms with van der Waals surface area (Å²) < 4.78 is 5.82. The highest BCUT2D eigenvalue weighted by molar-refractivity contribution is 5.88.